The number of benzene rings is 5. The zero-order chi connectivity index (χ0) is 46.0. The number of rotatable bonds is 20. The Morgan fingerprint density at radius 3 is 1.58 bits per heavy atom. The number of hydrogen-bond acceptors (Lipinski definition) is 12. The molecule has 0 saturated carbocycles. The van der Waals surface area contributed by atoms with Crippen molar-refractivity contribution < 1.29 is 57.2 Å². The Kier molecular flexibility index (Phi) is 17.3. The van der Waals surface area contributed by atoms with Gasteiger partial charge in [0.2, 0.25) is 17.7 Å². The molecule has 4 amide bonds. The average molecular weight is 887 g/mol. The van der Waals surface area contributed by atoms with E-state index in [1.807, 2.05) is 60.7 Å². The Morgan fingerprint density at radius 1 is 0.585 bits per heavy atom. The molecule has 0 spiro atoms. The molecule has 1 fully saturated rings. The van der Waals surface area contributed by atoms with Gasteiger partial charge in [-0.1, -0.05) is 127 Å². The molecule has 16 nitrogen and oxygen atoms in total. The van der Waals surface area contributed by atoms with Gasteiger partial charge < -0.3 is 50.1 Å². The van der Waals surface area contributed by atoms with Crippen molar-refractivity contribution in [3.8, 4) is 0 Å². The molecule has 7 atom stereocenters. The molecule has 5 aromatic rings. The third-order valence-corrected chi connectivity index (χ3v) is 10.1. The summed E-state index contributed by atoms with van der Waals surface area (Å²) >= 11 is 0. The highest BCUT2D eigenvalue weighted by Gasteiger charge is 2.51. The SMILES string of the molecule is C[C@H](NC(=O)[C@H](CC(=O)N[C@@H]1O[C@H](COC(=O)c2ccccc2)[C@H](OCc2ccccc2)[C@H](OCc2ccccc2)[C@H]1OC(=O)c1ccccc1)NC(=O)OCc1ccccc1)C(N)=O. The summed E-state index contributed by atoms with van der Waals surface area (Å²) in [5.41, 5.74) is 8.04. The molecule has 0 radical (unpaired) electrons. The van der Waals surface area contributed by atoms with Gasteiger partial charge >= 0.3 is 18.0 Å². The number of nitrogens with one attached hydrogen (secondary N) is 3. The summed E-state index contributed by atoms with van der Waals surface area (Å²) in [6.07, 6.45) is -8.20. The molecule has 65 heavy (non-hydrogen) atoms. The van der Waals surface area contributed by atoms with E-state index in [1.54, 1.807) is 91.0 Å². The molecule has 0 aromatic heterocycles. The van der Waals surface area contributed by atoms with Crippen LogP contribution in [-0.2, 0) is 62.6 Å². The van der Waals surface area contributed by atoms with Crippen molar-refractivity contribution in [2.24, 2.45) is 5.73 Å². The topological polar surface area (TPSA) is 220 Å². The molecule has 0 aliphatic carbocycles. The Labute approximate surface area is 375 Å². The van der Waals surface area contributed by atoms with Gasteiger partial charge in [-0.3, -0.25) is 14.4 Å². The maximum absolute atomic E-state index is 14.2. The fourth-order valence-electron chi connectivity index (χ4n) is 6.70. The van der Waals surface area contributed by atoms with Gasteiger partial charge in [0.15, 0.2) is 12.3 Å². The molecule has 5 N–H and O–H groups in total. The fourth-order valence-corrected chi connectivity index (χ4v) is 6.70. The van der Waals surface area contributed by atoms with Gasteiger partial charge in [-0.2, -0.15) is 0 Å². The average Bonchev–Trinajstić information content (AvgIpc) is 3.33. The lowest BCUT2D eigenvalue weighted by molar-refractivity contribution is -0.262. The van der Waals surface area contributed by atoms with E-state index in [-0.39, 0.29) is 30.9 Å². The number of ether oxygens (including phenoxy) is 6. The van der Waals surface area contributed by atoms with Crippen molar-refractivity contribution in [1.29, 1.82) is 0 Å². The molecular formula is C49H50N4O12. The van der Waals surface area contributed by atoms with Gasteiger partial charge in [0.1, 0.15) is 43.6 Å². The highest BCUT2D eigenvalue weighted by molar-refractivity contribution is 5.94. The van der Waals surface area contributed by atoms with Crippen LogP contribution in [0.4, 0.5) is 4.79 Å². The molecule has 1 saturated heterocycles. The Balaban J connectivity index is 1.33. The van der Waals surface area contributed by atoms with Gasteiger partial charge in [0.05, 0.1) is 30.8 Å². The van der Waals surface area contributed by atoms with Gasteiger partial charge in [-0.25, -0.2) is 14.4 Å². The molecule has 338 valence electrons. The van der Waals surface area contributed by atoms with Crippen LogP contribution < -0.4 is 21.7 Å². The van der Waals surface area contributed by atoms with Crippen LogP contribution in [0, 0.1) is 0 Å². The van der Waals surface area contributed by atoms with Crippen LogP contribution in [-0.4, -0.2) is 85.1 Å². The molecule has 6 rings (SSSR count). The van der Waals surface area contributed by atoms with E-state index in [0.717, 1.165) is 11.1 Å². The summed E-state index contributed by atoms with van der Waals surface area (Å²) in [5, 5.41) is 7.50. The molecule has 5 aromatic carbocycles. The van der Waals surface area contributed by atoms with Crippen molar-refractivity contribution >= 4 is 35.8 Å². The van der Waals surface area contributed by atoms with Crippen LogP contribution in [0.3, 0.4) is 0 Å². The molecular weight excluding hydrogens is 837 g/mol. The van der Waals surface area contributed by atoms with E-state index in [0.29, 0.717) is 5.56 Å². The first-order valence-corrected chi connectivity index (χ1v) is 20.8. The highest BCUT2D eigenvalue weighted by atomic mass is 16.6. The number of primary amides is 1. The number of hydrogen-bond donors (Lipinski definition) is 4. The lowest BCUT2D eigenvalue weighted by Crippen LogP contribution is -2.66. The minimum Gasteiger partial charge on any atom is -0.459 e. The molecule has 1 aliphatic rings. The maximum atomic E-state index is 14.2. The van der Waals surface area contributed by atoms with Crippen molar-refractivity contribution in [2.45, 2.75) is 75.9 Å². The first kappa shape index (κ1) is 47.1. The summed E-state index contributed by atoms with van der Waals surface area (Å²) in [6, 6.07) is 40.8. The number of amides is 4. The van der Waals surface area contributed by atoms with Crippen molar-refractivity contribution in [2.75, 3.05) is 6.61 Å². The predicted molar refractivity (Wildman–Crippen MR) is 234 cm³/mol. The Hall–Kier alpha value is -7.40. The largest absolute Gasteiger partial charge is 0.459 e. The van der Waals surface area contributed by atoms with Crippen molar-refractivity contribution in [3.63, 3.8) is 0 Å². The Morgan fingerprint density at radius 2 is 1.06 bits per heavy atom. The first-order valence-electron chi connectivity index (χ1n) is 20.8. The zero-order valence-electron chi connectivity index (χ0n) is 35.5. The van der Waals surface area contributed by atoms with E-state index < -0.39 is 91.5 Å². The van der Waals surface area contributed by atoms with Crippen LogP contribution >= 0.6 is 0 Å². The predicted octanol–water partition coefficient (Wildman–Crippen LogP) is 4.76. The lowest BCUT2D eigenvalue weighted by Gasteiger charge is -2.45. The van der Waals surface area contributed by atoms with Crippen molar-refractivity contribution in [3.05, 3.63) is 179 Å². The summed E-state index contributed by atoms with van der Waals surface area (Å²) in [4.78, 5) is 79.9. The quantitative estimate of drug-likeness (QED) is 0.0615. The maximum Gasteiger partial charge on any atom is 0.408 e. The molecule has 0 bridgehead atoms. The second-order valence-corrected chi connectivity index (χ2v) is 15.0. The van der Waals surface area contributed by atoms with E-state index in [9.17, 15) is 28.8 Å². The summed E-state index contributed by atoms with van der Waals surface area (Å²) in [5.74, 6) is -4.12. The normalized spacial score (nSPS) is 18.8. The zero-order valence-corrected chi connectivity index (χ0v) is 35.5. The van der Waals surface area contributed by atoms with E-state index in [2.05, 4.69) is 16.0 Å². The number of esters is 2. The molecule has 16 heteroatoms. The van der Waals surface area contributed by atoms with Crippen LogP contribution in [0.15, 0.2) is 152 Å². The van der Waals surface area contributed by atoms with E-state index in [4.69, 9.17) is 34.2 Å². The summed E-state index contributed by atoms with van der Waals surface area (Å²) in [6.45, 7) is 0.802. The van der Waals surface area contributed by atoms with Crippen LogP contribution in [0.5, 0.6) is 0 Å². The Bertz CT molecular complexity index is 2320. The third kappa shape index (κ3) is 14.3. The highest BCUT2D eigenvalue weighted by Crippen LogP contribution is 2.30. The minimum absolute atomic E-state index is 0.0113. The van der Waals surface area contributed by atoms with Gasteiger partial charge in [0, 0.05) is 0 Å². The fraction of sp³-hybridized carbons (Fsp3) is 0.265. The second kappa shape index (κ2) is 23.9. The van der Waals surface area contributed by atoms with Gasteiger partial charge in [-0.05, 0) is 47.9 Å². The lowest BCUT2D eigenvalue weighted by atomic mass is 9.96. The molecule has 1 heterocycles. The summed E-state index contributed by atoms with van der Waals surface area (Å²) in [7, 11) is 0. The van der Waals surface area contributed by atoms with Crippen molar-refractivity contribution in [1.82, 2.24) is 16.0 Å². The second-order valence-electron chi connectivity index (χ2n) is 15.0. The monoisotopic (exact) mass is 886 g/mol. The smallest absolute Gasteiger partial charge is 0.408 e. The number of alkyl carbamates (subject to hydrolysis) is 1. The van der Waals surface area contributed by atoms with Crippen LogP contribution in [0.2, 0.25) is 0 Å². The summed E-state index contributed by atoms with van der Waals surface area (Å²) < 4.78 is 36.9. The van der Waals surface area contributed by atoms with Gasteiger partial charge in [-0.15, -0.1) is 0 Å². The molecule has 1 aliphatic heterocycles. The number of carbonyl (C=O) groups excluding carboxylic acids is 6. The number of nitrogens with two attached hydrogens (primary N) is 1. The standard InChI is InChI=1S/C49H50N4O12/c1-32(44(50)55)51-45(56)38(52-49(59)63-30-35-21-11-4-12-22-35)27-40(54)53-46-43(65-48(58)37-25-15-6-16-26-37)42(61-29-34-19-9-3-10-20-34)41(60-28-33-17-7-2-8-18-33)39(64-46)31-62-47(57)36-23-13-5-14-24-36/h2-26,32,38-39,41-43,46H,27-31H2,1H3,(H2,50,55)(H,51,56)(H,52,59)(H,53,54)/t32-,38-,39+,41-,42-,43+,46+/m0/s1. The van der Waals surface area contributed by atoms with Crippen LogP contribution in [0.1, 0.15) is 50.8 Å². The van der Waals surface area contributed by atoms with Crippen LogP contribution in [0.25, 0.3) is 0 Å². The minimum atomic E-state index is -1.61. The number of carbonyl (C=O) groups is 6. The van der Waals surface area contributed by atoms with E-state index in [1.165, 1.54) is 6.92 Å². The van der Waals surface area contributed by atoms with Gasteiger partial charge in [0.25, 0.3) is 0 Å². The third-order valence-electron chi connectivity index (χ3n) is 10.1. The molecule has 0 unspecified atom stereocenters. The van der Waals surface area contributed by atoms with E-state index >= 15 is 0 Å². The first-order chi connectivity index (χ1) is 31.5.